The van der Waals surface area contributed by atoms with Crippen molar-refractivity contribution in [3.63, 3.8) is 0 Å². The van der Waals surface area contributed by atoms with Crippen molar-refractivity contribution in [3.05, 3.63) is 35.0 Å². The van der Waals surface area contributed by atoms with E-state index in [1.54, 1.807) is 30.1 Å². The summed E-state index contributed by atoms with van der Waals surface area (Å²) in [5.74, 6) is -0.270. The zero-order valence-corrected chi connectivity index (χ0v) is 18.6. The molecular weight excluding hydrogens is 416 g/mol. The average molecular weight is 442 g/mol. The number of alkyl carbamates (subject to hydrolysis) is 1. The lowest BCUT2D eigenvalue weighted by Crippen LogP contribution is -2.47. The van der Waals surface area contributed by atoms with Crippen molar-refractivity contribution < 1.29 is 23.9 Å². The highest BCUT2D eigenvalue weighted by Gasteiger charge is 2.32. The number of aromatic nitrogens is 2. The number of aliphatic imine (C=N–C) groups is 1. The van der Waals surface area contributed by atoms with Gasteiger partial charge in [-0.3, -0.25) is 19.8 Å². The van der Waals surface area contributed by atoms with Gasteiger partial charge in [-0.2, -0.15) is 5.10 Å². The molecule has 3 amide bonds. The van der Waals surface area contributed by atoms with Crippen LogP contribution < -0.4 is 10.6 Å². The normalized spacial score (nSPS) is 15.5. The van der Waals surface area contributed by atoms with E-state index >= 15 is 0 Å². The van der Waals surface area contributed by atoms with E-state index in [0.29, 0.717) is 29.2 Å². The summed E-state index contributed by atoms with van der Waals surface area (Å²) < 4.78 is 11.0. The minimum absolute atomic E-state index is 0.0234. The molecule has 0 unspecified atom stereocenters. The van der Waals surface area contributed by atoms with Crippen molar-refractivity contribution in [2.45, 2.75) is 19.9 Å². The maximum atomic E-state index is 13.0. The molecule has 0 fully saturated rings. The van der Waals surface area contributed by atoms with Gasteiger partial charge in [0.1, 0.15) is 5.69 Å². The third kappa shape index (κ3) is 4.56. The fourth-order valence-electron chi connectivity index (χ4n) is 3.66. The third-order valence-corrected chi connectivity index (χ3v) is 5.06. The fourth-order valence-corrected chi connectivity index (χ4v) is 3.66. The Hall–Kier alpha value is -3.89. The van der Waals surface area contributed by atoms with Gasteiger partial charge in [0.15, 0.2) is 0 Å². The first-order valence-corrected chi connectivity index (χ1v) is 9.91. The Morgan fingerprint density at radius 1 is 1.25 bits per heavy atom. The lowest BCUT2D eigenvalue weighted by molar-refractivity contribution is 0.0647. The Bertz CT molecular complexity index is 1080. The number of fused-ring (bicyclic) bond motifs is 1. The van der Waals surface area contributed by atoms with Gasteiger partial charge < -0.3 is 19.7 Å². The van der Waals surface area contributed by atoms with E-state index in [0.717, 1.165) is 11.1 Å². The fraction of sp³-hybridized carbons (Fsp3) is 0.381. The molecule has 1 aliphatic heterocycles. The first-order valence-electron chi connectivity index (χ1n) is 9.91. The minimum Gasteiger partial charge on any atom is -0.453 e. The van der Waals surface area contributed by atoms with Crippen LogP contribution in [0.2, 0.25) is 0 Å². The largest absolute Gasteiger partial charge is 0.453 e. The number of hydrogen-bond acceptors (Lipinski definition) is 7. The lowest BCUT2D eigenvalue weighted by Gasteiger charge is -2.31. The number of nitrogens with zero attached hydrogens (tertiary/aromatic N) is 4. The summed E-state index contributed by atoms with van der Waals surface area (Å²) in [7, 11) is 4.21. The molecule has 1 aromatic carbocycles. The summed E-state index contributed by atoms with van der Waals surface area (Å²) in [4.78, 5) is 41.9. The first kappa shape index (κ1) is 22.8. The molecule has 0 spiro atoms. The maximum absolute atomic E-state index is 13.0. The van der Waals surface area contributed by atoms with Crippen molar-refractivity contribution in [2.24, 2.45) is 4.99 Å². The van der Waals surface area contributed by atoms with Crippen LogP contribution in [-0.4, -0.2) is 73.5 Å². The minimum atomic E-state index is -0.621. The second-order valence-electron chi connectivity index (χ2n) is 7.33. The molecule has 0 radical (unpaired) electrons. The number of ether oxygens (including phenoxy) is 2. The van der Waals surface area contributed by atoms with Crippen molar-refractivity contribution in [1.29, 1.82) is 0 Å². The number of carbonyl (C=O) groups is 3. The lowest BCUT2D eigenvalue weighted by atomic mass is 10.00. The van der Waals surface area contributed by atoms with Crippen molar-refractivity contribution in [3.8, 4) is 11.3 Å². The van der Waals surface area contributed by atoms with Gasteiger partial charge in [0.25, 0.3) is 5.91 Å². The molecule has 170 valence electrons. The molecule has 2 N–H and O–H groups in total. The van der Waals surface area contributed by atoms with Crippen molar-refractivity contribution in [1.82, 2.24) is 20.0 Å². The van der Waals surface area contributed by atoms with E-state index in [1.165, 1.54) is 19.1 Å². The van der Waals surface area contributed by atoms with Crippen LogP contribution in [0, 0.1) is 6.92 Å². The molecule has 11 heteroatoms. The summed E-state index contributed by atoms with van der Waals surface area (Å²) in [6.07, 6.45) is 0.440. The van der Waals surface area contributed by atoms with Gasteiger partial charge in [-0.25, -0.2) is 9.59 Å². The predicted octanol–water partition coefficient (Wildman–Crippen LogP) is 2.42. The van der Waals surface area contributed by atoms with Gasteiger partial charge in [0.05, 0.1) is 38.3 Å². The number of hydrogen-bond donors (Lipinski definition) is 2. The van der Waals surface area contributed by atoms with Gasteiger partial charge in [0.2, 0.25) is 0 Å². The first-order chi connectivity index (χ1) is 15.3. The highest BCUT2D eigenvalue weighted by Crippen LogP contribution is 2.34. The topological polar surface area (TPSA) is 127 Å². The molecule has 0 aliphatic carbocycles. The number of carbonyl (C=O) groups excluding carboxylic acids is 3. The molecule has 1 aromatic heterocycles. The Morgan fingerprint density at radius 2 is 1.97 bits per heavy atom. The average Bonchev–Trinajstić information content (AvgIpc) is 3.20. The SMILES string of the molecule is CN=Cc1cc(C)c(-c2cc3n(n2)[C@@H](C)CN(CNC(=O)OC)C3=O)c(NC(=O)OC)c1. The molecular formula is C21H26N6O5. The Kier molecular flexibility index (Phi) is 6.76. The summed E-state index contributed by atoms with van der Waals surface area (Å²) in [6, 6.07) is 5.24. The van der Waals surface area contributed by atoms with Crippen LogP contribution in [0.25, 0.3) is 11.3 Å². The summed E-state index contributed by atoms with van der Waals surface area (Å²) in [6.45, 7) is 4.21. The maximum Gasteiger partial charge on any atom is 0.411 e. The monoisotopic (exact) mass is 442 g/mol. The molecule has 1 atom stereocenters. The van der Waals surface area contributed by atoms with Gasteiger partial charge in [0, 0.05) is 25.4 Å². The number of rotatable bonds is 5. The molecule has 2 aromatic rings. The quantitative estimate of drug-likeness (QED) is 0.685. The summed E-state index contributed by atoms with van der Waals surface area (Å²) >= 11 is 0. The molecule has 0 bridgehead atoms. The Balaban J connectivity index is 2.02. The summed E-state index contributed by atoms with van der Waals surface area (Å²) in [5.41, 5.74) is 3.72. The Morgan fingerprint density at radius 3 is 2.62 bits per heavy atom. The molecule has 2 heterocycles. The molecule has 11 nitrogen and oxygen atoms in total. The molecule has 1 aliphatic rings. The van der Waals surface area contributed by atoms with Crippen LogP contribution in [0.1, 0.15) is 34.6 Å². The zero-order chi connectivity index (χ0) is 23.4. The van der Waals surface area contributed by atoms with E-state index in [1.807, 2.05) is 19.9 Å². The number of anilines is 1. The number of nitrogens with one attached hydrogen (secondary N) is 2. The number of amides is 3. The number of aryl methyl sites for hydroxylation is 1. The van der Waals surface area contributed by atoms with Gasteiger partial charge in [-0.05, 0) is 43.2 Å². The van der Waals surface area contributed by atoms with E-state index in [-0.39, 0.29) is 18.6 Å². The van der Waals surface area contributed by atoms with E-state index in [9.17, 15) is 14.4 Å². The highest BCUT2D eigenvalue weighted by molar-refractivity contribution is 5.98. The van der Waals surface area contributed by atoms with Crippen LogP contribution in [-0.2, 0) is 9.47 Å². The summed E-state index contributed by atoms with van der Waals surface area (Å²) in [5, 5.41) is 9.91. The van der Waals surface area contributed by atoms with Crippen LogP contribution >= 0.6 is 0 Å². The standard InChI is InChI=1S/C21H26N6O5/c1-12-6-14(9-22-3)7-15(24-21(30)32-5)18(12)16-8-17-19(28)26(11-23-20(29)31-4)10-13(2)27(17)25-16/h6-9,13H,10-11H2,1-5H3,(H,23,29)(H,24,30)/t13-/m0/s1. The van der Waals surface area contributed by atoms with Crippen LogP contribution in [0.3, 0.4) is 0 Å². The van der Waals surface area contributed by atoms with Crippen molar-refractivity contribution >= 4 is 30.0 Å². The zero-order valence-electron chi connectivity index (χ0n) is 18.6. The molecule has 0 saturated heterocycles. The van der Waals surface area contributed by atoms with E-state index < -0.39 is 12.2 Å². The predicted molar refractivity (Wildman–Crippen MR) is 118 cm³/mol. The smallest absolute Gasteiger partial charge is 0.411 e. The van der Waals surface area contributed by atoms with Gasteiger partial charge >= 0.3 is 12.2 Å². The molecule has 0 saturated carbocycles. The van der Waals surface area contributed by atoms with E-state index in [2.05, 4.69) is 25.5 Å². The van der Waals surface area contributed by atoms with Gasteiger partial charge in [-0.1, -0.05) is 0 Å². The van der Waals surface area contributed by atoms with Crippen LogP contribution in [0.4, 0.5) is 15.3 Å². The second kappa shape index (κ2) is 9.50. The van der Waals surface area contributed by atoms with Crippen LogP contribution in [0.15, 0.2) is 23.2 Å². The van der Waals surface area contributed by atoms with Gasteiger partial charge in [-0.15, -0.1) is 0 Å². The van der Waals surface area contributed by atoms with E-state index in [4.69, 9.17) is 4.74 Å². The highest BCUT2D eigenvalue weighted by atomic mass is 16.5. The number of benzene rings is 1. The third-order valence-electron chi connectivity index (χ3n) is 5.06. The Labute approximate surface area is 185 Å². The second-order valence-corrected chi connectivity index (χ2v) is 7.33. The molecule has 3 rings (SSSR count). The number of methoxy groups -OCH3 is 2. The van der Waals surface area contributed by atoms with Crippen molar-refractivity contribution in [2.75, 3.05) is 39.8 Å². The molecule has 32 heavy (non-hydrogen) atoms. The van der Waals surface area contributed by atoms with Crippen LogP contribution in [0.5, 0.6) is 0 Å².